The van der Waals surface area contributed by atoms with Crippen LogP contribution in [0.4, 0.5) is 4.79 Å². The fourth-order valence-electron chi connectivity index (χ4n) is 4.04. The highest BCUT2D eigenvalue weighted by molar-refractivity contribution is 5.96. The third-order valence-corrected chi connectivity index (χ3v) is 5.87. The second-order valence-electron chi connectivity index (χ2n) is 10.0. The van der Waals surface area contributed by atoms with Crippen molar-refractivity contribution in [3.8, 4) is 11.9 Å². The van der Waals surface area contributed by atoms with Gasteiger partial charge in [0.2, 0.25) is 0 Å². The van der Waals surface area contributed by atoms with Crippen LogP contribution in [-0.4, -0.2) is 32.4 Å². The average Bonchev–Trinajstić information content (AvgIpc) is 3.36. The number of aryl methyl sites for hydroxylation is 1. The highest BCUT2D eigenvalue weighted by Crippen LogP contribution is 2.26. The van der Waals surface area contributed by atoms with E-state index in [9.17, 15) is 9.59 Å². The van der Waals surface area contributed by atoms with Gasteiger partial charge >= 0.3 is 6.09 Å². The van der Waals surface area contributed by atoms with Gasteiger partial charge in [-0.3, -0.25) is 4.79 Å². The summed E-state index contributed by atoms with van der Waals surface area (Å²) in [5, 5.41) is 20.1. The predicted octanol–water partition coefficient (Wildman–Crippen LogP) is 5.12. The second-order valence-corrected chi connectivity index (χ2v) is 10.0. The molecule has 0 bridgehead atoms. The van der Waals surface area contributed by atoms with Gasteiger partial charge in [0.25, 0.3) is 5.91 Å². The van der Waals surface area contributed by atoms with Crippen molar-refractivity contribution < 1.29 is 14.3 Å². The van der Waals surface area contributed by atoms with E-state index in [2.05, 4.69) is 20.7 Å². The van der Waals surface area contributed by atoms with E-state index in [1.54, 1.807) is 43.8 Å². The van der Waals surface area contributed by atoms with Crippen molar-refractivity contribution in [3.63, 3.8) is 0 Å². The van der Waals surface area contributed by atoms with Crippen LogP contribution in [0.5, 0.6) is 0 Å². The van der Waals surface area contributed by atoms with Crippen molar-refractivity contribution in [2.24, 2.45) is 0 Å². The van der Waals surface area contributed by atoms with E-state index in [4.69, 9.17) is 10.00 Å². The molecule has 9 nitrogen and oxygen atoms in total. The Hall–Kier alpha value is -4.71. The lowest BCUT2D eigenvalue weighted by molar-refractivity contribution is 0.0523. The molecule has 2 heterocycles. The molecule has 38 heavy (non-hydrogen) atoms. The van der Waals surface area contributed by atoms with E-state index in [1.807, 2.05) is 62.4 Å². The van der Waals surface area contributed by atoms with E-state index < -0.39 is 11.7 Å². The summed E-state index contributed by atoms with van der Waals surface area (Å²) in [5.74, 6) is 0.315. The highest BCUT2D eigenvalue weighted by atomic mass is 16.6. The molecule has 4 rings (SSSR count). The van der Waals surface area contributed by atoms with E-state index in [0.29, 0.717) is 17.1 Å². The van der Waals surface area contributed by atoms with Crippen LogP contribution in [0.15, 0.2) is 60.8 Å². The Morgan fingerprint density at radius 3 is 2.61 bits per heavy atom. The van der Waals surface area contributed by atoms with Gasteiger partial charge in [-0.25, -0.2) is 14.5 Å². The Bertz CT molecular complexity index is 1540. The lowest BCUT2D eigenvalue weighted by Crippen LogP contribution is -2.32. The first-order chi connectivity index (χ1) is 18.0. The maximum atomic E-state index is 13.4. The Morgan fingerprint density at radius 2 is 1.89 bits per heavy atom. The second kappa shape index (κ2) is 10.7. The smallest absolute Gasteiger partial charge is 0.407 e. The fraction of sp³-hybridized carbons (Fsp3) is 0.276. The van der Waals surface area contributed by atoms with Crippen molar-refractivity contribution in [2.45, 2.75) is 52.8 Å². The number of nitriles is 1. The molecule has 0 spiro atoms. The molecule has 0 aliphatic carbocycles. The lowest BCUT2D eigenvalue weighted by Gasteiger charge is -2.20. The molecule has 0 radical (unpaired) electrons. The van der Waals surface area contributed by atoms with Gasteiger partial charge in [0.1, 0.15) is 11.7 Å². The zero-order valence-corrected chi connectivity index (χ0v) is 22.1. The number of hydrogen-bond donors (Lipinski definition) is 2. The molecule has 0 aliphatic rings. The summed E-state index contributed by atoms with van der Waals surface area (Å²) in [4.78, 5) is 30.1. The number of hydrogen-bond acceptors (Lipinski definition) is 6. The number of para-hydroxylation sites is 1. The summed E-state index contributed by atoms with van der Waals surface area (Å²) in [7, 11) is 0. The van der Waals surface area contributed by atoms with E-state index in [-0.39, 0.29) is 18.5 Å². The SMILES string of the molecule is Cc1ccc(CNC(=O)OC(C)(C)C)cc1C(=O)NC(C)c1cc(-n2ccc(C#N)n2)nc2ccccc12. The van der Waals surface area contributed by atoms with Crippen LogP contribution < -0.4 is 10.6 Å². The summed E-state index contributed by atoms with van der Waals surface area (Å²) < 4.78 is 6.84. The highest BCUT2D eigenvalue weighted by Gasteiger charge is 2.19. The number of alkyl carbamates (subject to hydrolysis) is 1. The zero-order chi connectivity index (χ0) is 27.4. The van der Waals surface area contributed by atoms with Gasteiger partial charge in [-0.15, -0.1) is 0 Å². The standard InChI is InChI=1S/C29H30N6O3/c1-18-10-11-20(17-31-28(37)38-29(3,4)5)14-23(18)27(36)32-19(2)24-15-26(35-13-12-21(16-30)34-35)33-25-9-7-6-8-22(24)25/h6-15,19H,17H2,1-5H3,(H,31,37)(H,32,36). The largest absolute Gasteiger partial charge is 0.444 e. The molecule has 2 N–H and O–H groups in total. The molecule has 2 aromatic carbocycles. The number of rotatable bonds is 6. The van der Waals surface area contributed by atoms with Gasteiger partial charge < -0.3 is 15.4 Å². The molecule has 0 aliphatic heterocycles. The molecule has 0 saturated carbocycles. The van der Waals surface area contributed by atoms with Gasteiger partial charge in [0.05, 0.1) is 11.6 Å². The number of carbonyl (C=O) groups excluding carboxylic acids is 2. The normalized spacial score (nSPS) is 12.0. The van der Waals surface area contributed by atoms with Gasteiger partial charge in [0.15, 0.2) is 11.5 Å². The number of carbonyl (C=O) groups is 2. The van der Waals surface area contributed by atoms with Gasteiger partial charge in [-0.1, -0.05) is 30.3 Å². The molecule has 4 aromatic rings. The zero-order valence-electron chi connectivity index (χ0n) is 22.1. The van der Waals surface area contributed by atoms with Crippen molar-refractivity contribution >= 4 is 22.9 Å². The monoisotopic (exact) mass is 510 g/mol. The number of ether oxygens (including phenoxy) is 1. The lowest BCUT2D eigenvalue weighted by atomic mass is 10.0. The molecule has 2 amide bonds. The quantitative estimate of drug-likeness (QED) is 0.371. The third kappa shape index (κ3) is 6.16. The van der Waals surface area contributed by atoms with Crippen LogP contribution in [-0.2, 0) is 11.3 Å². The first-order valence-electron chi connectivity index (χ1n) is 12.3. The van der Waals surface area contributed by atoms with Crippen molar-refractivity contribution in [1.82, 2.24) is 25.4 Å². The van der Waals surface area contributed by atoms with Crippen molar-refractivity contribution in [2.75, 3.05) is 0 Å². The van der Waals surface area contributed by atoms with Crippen LogP contribution in [0.25, 0.3) is 16.7 Å². The number of pyridine rings is 1. The molecule has 194 valence electrons. The number of amides is 2. The molecule has 9 heteroatoms. The van der Waals surface area contributed by atoms with E-state index >= 15 is 0 Å². The Balaban J connectivity index is 1.57. The van der Waals surface area contributed by atoms with Gasteiger partial charge in [-0.05, 0) is 75.6 Å². The summed E-state index contributed by atoms with van der Waals surface area (Å²) in [5.41, 5.74) is 3.43. The number of nitrogens with zero attached hydrogens (tertiary/aromatic N) is 4. The topological polar surface area (TPSA) is 122 Å². The number of benzene rings is 2. The maximum absolute atomic E-state index is 13.4. The molecule has 2 aromatic heterocycles. The Morgan fingerprint density at radius 1 is 1.13 bits per heavy atom. The fourth-order valence-corrected chi connectivity index (χ4v) is 4.04. The number of nitrogens with one attached hydrogen (secondary N) is 2. The molecule has 1 unspecified atom stereocenters. The summed E-state index contributed by atoms with van der Waals surface area (Å²) in [6.45, 7) is 9.42. The average molecular weight is 511 g/mol. The van der Waals surface area contributed by atoms with Crippen LogP contribution in [0.1, 0.15) is 66.5 Å². The summed E-state index contributed by atoms with van der Waals surface area (Å²) >= 11 is 0. The van der Waals surface area contributed by atoms with Crippen LogP contribution >= 0.6 is 0 Å². The minimum atomic E-state index is -0.592. The van der Waals surface area contributed by atoms with Crippen LogP contribution in [0.3, 0.4) is 0 Å². The first-order valence-corrected chi connectivity index (χ1v) is 12.3. The molecule has 1 atom stereocenters. The first kappa shape index (κ1) is 26.4. The Kier molecular flexibility index (Phi) is 7.44. The molecular weight excluding hydrogens is 480 g/mol. The van der Waals surface area contributed by atoms with Crippen LogP contribution in [0, 0.1) is 18.3 Å². The molecular formula is C29H30N6O3. The number of fused-ring (bicyclic) bond motifs is 1. The summed E-state index contributed by atoms with van der Waals surface area (Å²) in [6.07, 6.45) is 1.17. The molecule has 0 fully saturated rings. The van der Waals surface area contributed by atoms with Gasteiger partial charge in [0, 0.05) is 23.7 Å². The van der Waals surface area contributed by atoms with Crippen molar-refractivity contribution in [3.05, 3.63) is 88.7 Å². The Labute approximate surface area is 221 Å². The molecule has 0 saturated heterocycles. The predicted molar refractivity (Wildman–Crippen MR) is 144 cm³/mol. The summed E-state index contributed by atoms with van der Waals surface area (Å²) in [6, 6.07) is 18.3. The minimum absolute atomic E-state index is 0.234. The van der Waals surface area contributed by atoms with E-state index in [1.165, 1.54) is 0 Å². The van der Waals surface area contributed by atoms with Crippen molar-refractivity contribution in [1.29, 1.82) is 5.26 Å². The van der Waals surface area contributed by atoms with Crippen LogP contribution in [0.2, 0.25) is 0 Å². The number of aromatic nitrogens is 3. The maximum Gasteiger partial charge on any atom is 0.407 e. The van der Waals surface area contributed by atoms with E-state index in [0.717, 1.165) is 27.6 Å². The third-order valence-electron chi connectivity index (χ3n) is 5.87. The van der Waals surface area contributed by atoms with Gasteiger partial charge in [-0.2, -0.15) is 10.4 Å². The minimum Gasteiger partial charge on any atom is -0.444 e.